The Morgan fingerprint density at radius 1 is 1.19 bits per heavy atom. The number of aryl methyl sites for hydroxylation is 1. The Morgan fingerprint density at radius 3 is 2.31 bits per heavy atom. The highest BCUT2D eigenvalue weighted by Crippen LogP contribution is 2.22. The Balaban J connectivity index is 2.84. The van der Waals surface area contributed by atoms with E-state index in [0.717, 1.165) is 5.56 Å². The van der Waals surface area contributed by atoms with Gasteiger partial charge in [-0.25, -0.2) is 8.42 Å². The van der Waals surface area contributed by atoms with Gasteiger partial charge in [0, 0.05) is 6.26 Å². The molecule has 0 unspecified atom stereocenters. The summed E-state index contributed by atoms with van der Waals surface area (Å²) in [5.41, 5.74) is 2.46. The monoisotopic (exact) mass is 240 g/mol. The smallest absolute Gasteiger partial charge is 0.147 e. The zero-order valence-corrected chi connectivity index (χ0v) is 11.3. The molecular weight excluding hydrogens is 220 g/mol. The summed E-state index contributed by atoms with van der Waals surface area (Å²) in [5, 5.41) is 0. The first kappa shape index (κ1) is 13.2. The standard InChI is InChI=1S/C13H20O2S/c1-13(2,3)12-7-5-6-11(10-12)8-9-16(4,14)15/h5-7,10H,8-9H2,1-4H3. The summed E-state index contributed by atoms with van der Waals surface area (Å²) >= 11 is 0. The molecule has 2 nitrogen and oxygen atoms in total. The molecule has 0 aliphatic heterocycles. The van der Waals surface area contributed by atoms with Crippen LogP contribution in [0.3, 0.4) is 0 Å². The van der Waals surface area contributed by atoms with Crippen molar-refractivity contribution in [2.24, 2.45) is 0 Å². The highest BCUT2D eigenvalue weighted by atomic mass is 32.2. The van der Waals surface area contributed by atoms with Crippen molar-refractivity contribution in [3.63, 3.8) is 0 Å². The Labute approximate surface area is 98.6 Å². The van der Waals surface area contributed by atoms with Gasteiger partial charge in [-0.1, -0.05) is 45.0 Å². The van der Waals surface area contributed by atoms with Crippen LogP contribution in [0.1, 0.15) is 31.9 Å². The van der Waals surface area contributed by atoms with Crippen LogP contribution in [0, 0.1) is 0 Å². The van der Waals surface area contributed by atoms with Gasteiger partial charge in [-0.15, -0.1) is 0 Å². The predicted molar refractivity (Wildman–Crippen MR) is 68.6 cm³/mol. The Kier molecular flexibility index (Phi) is 3.79. The van der Waals surface area contributed by atoms with Crippen LogP contribution in [0.2, 0.25) is 0 Å². The van der Waals surface area contributed by atoms with Gasteiger partial charge in [0.25, 0.3) is 0 Å². The fourth-order valence-corrected chi connectivity index (χ4v) is 2.10. The van der Waals surface area contributed by atoms with Crippen LogP contribution in [0.4, 0.5) is 0 Å². The third-order valence-corrected chi connectivity index (χ3v) is 3.50. The van der Waals surface area contributed by atoms with Gasteiger partial charge >= 0.3 is 0 Å². The molecule has 1 rings (SSSR count). The first-order valence-corrected chi connectivity index (χ1v) is 7.52. The van der Waals surface area contributed by atoms with E-state index in [1.807, 2.05) is 12.1 Å². The largest absolute Gasteiger partial charge is 0.229 e. The van der Waals surface area contributed by atoms with Crippen molar-refractivity contribution in [1.82, 2.24) is 0 Å². The van der Waals surface area contributed by atoms with Crippen LogP contribution in [0.25, 0.3) is 0 Å². The quantitative estimate of drug-likeness (QED) is 0.813. The molecule has 0 saturated heterocycles. The molecule has 1 aromatic rings. The molecule has 0 aliphatic carbocycles. The molecule has 0 amide bonds. The molecule has 0 N–H and O–H groups in total. The van der Waals surface area contributed by atoms with E-state index >= 15 is 0 Å². The van der Waals surface area contributed by atoms with Gasteiger partial charge in [0.15, 0.2) is 0 Å². The van der Waals surface area contributed by atoms with Gasteiger partial charge in [-0.2, -0.15) is 0 Å². The SMILES string of the molecule is CC(C)(C)c1cccc(CCS(C)(=O)=O)c1. The van der Waals surface area contributed by atoms with Gasteiger partial charge in [-0.3, -0.25) is 0 Å². The Hall–Kier alpha value is -0.830. The molecule has 0 bridgehead atoms. The molecule has 0 aromatic heterocycles. The molecule has 0 aliphatic rings. The average molecular weight is 240 g/mol. The van der Waals surface area contributed by atoms with Crippen LogP contribution in [0.5, 0.6) is 0 Å². The van der Waals surface area contributed by atoms with Crippen LogP contribution in [-0.2, 0) is 21.7 Å². The first-order valence-electron chi connectivity index (χ1n) is 5.46. The molecule has 3 heteroatoms. The maximum Gasteiger partial charge on any atom is 0.147 e. The number of rotatable bonds is 3. The second-order valence-corrected chi connectivity index (χ2v) is 7.59. The van der Waals surface area contributed by atoms with Gasteiger partial charge in [0.1, 0.15) is 9.84 Å². The van der Waals surface area contributed by atoms with E-state index in [0.29, 0.717) is 6.42 Å². The summed E-state index contributed by atoms with van der Waals surface area (Å²) < 4.78 is 22.2. The molecule has 0 radical (unpaired) electrons. The summed E-state index contributed by atoms with van der Waals surface area (Å²) in [4.78, 5) is 0. The summed E-state index contributed by atoms with van der Waals surface area (Å²) in [7, 11) is -2.87. The molecule has 0 atom stereocenters. The van der Waals surface area contributed by atoms with Crippen molar-refractivity contribution in [2.45, 2.75) is 32.6 Å². The van der Waals surface area contributed by atoms with E-state index in [9.17, 15) is 8.42 Å². The predicted octanol–water partition coefficient (Wildman–Crippen LogP) is 2.57. The van der Waals surface area contributed by atoms with Crippen LogP contribution in [0.15, 0.2) is 24.3 Å². The molecule has 1 aromatic carbocycles. The number of hydrogen-bond acceptors (Lipinski definition) is 2. The zero-order valence-electron chi connectivity index (χ0n) is 10.4. The minimum absolute atomic E-state index is 0.112. The van der Waals surface area contributed by atoms with Crippen molar-refractivity contribution in [3.8, 4) is 0 Å². The van der Waals surface area contributed by atoms with E-state index < -0.39 is 9.84 Å². The van der Waals surface area contributed by atoms with Crippen LogP contribution in [-0.4, -0.2) is 20.4 Å². The average Bonchev–Trinajstić information content (AvgIpc) is 2.13. The van der Waals surface area contributed by atoms with E-state index in [1.54, 1.807) is 0 Å². The lowest BCUT2D eigenvalue weighted by Gasteiger charge is -2.19. The first-order chi connectivity index (χ1) is 7.18. The summed E-state index contributed by atoms with van der Waals surface area (Å²) in [6.07, 6.45) is 1.88. The van der Waals surface area contributed by atoms with Gasteiger partial charge < -0.3 is 0 Å². The third kappa shape index (κ3) is 4.35. The van der Waals surface area contributed by atoms with E-state index in [4.69, 9.17) is 0 Å². The van der Waals surface area contributed by atoms with Crippen LogP contribution < -0.4 is 0 Å². The van der Waals surface area contributed by atoms with E-state index in [-0.39, 0.29) is 11.2 Å². The Morgan fingerprint density at radius 2 is 1.81 bits per heavy atom. The summed E-state index contributed by atoms with van der Waals surface area (Å²) in [5.74, 6) is 0.223. The highest BCUT2D eigenvalue weighted by molar-refractivity contribution is 7.90. The van der Waals surface area contributed by atoms with Crippen molar-refractivity contribution in [3.05, 3.63) is 35.4 Å². The molecule has 0 heterocycles. The van der Waals surface area contributed by atoms with E-state index in [1.165, 1.54) is 11.8 Å². The molecule has 0 spiro atoms. The second kappa shape index (κ2) is 4.58. The number of benzene rings is 1. The van der Waals surface area contributed by atoms with Gasteiger partial charge in [-0.05, 0) is 23.0 Å². The molecule has 16 heavy (non-hydrogen) atoms. The second-order valence-electron chi connectivity index (χ2n) is 5.33. The molecule has 0 fully saturated rings. The number of hydrogen-bond donors (Lipinski definition) is 0. The lowest BCUT2D eigenvalue weighted by molar-refractivity contribution is 0.589. The van der Waals surface area contributed by atoms with Crippen molar-refractivity contribution in [1.29, 1.82) is 0 Å². The van der Waals surface area contributed by atoms with Crippen molar-refractivity contribution < 1.29 is 8.42 Å². The fourth-order valence-electron chi connectivity index (χ4n) is 1.50. The normalized spacial score (nSPS) is 12.8. The minimum atomic E-state index is -2.87. The molecule has 90 valence electrons. The summed E-state index contributed by atoms with van der Waals surface area (Å²) in [6, 6.07) is 8.17. The van der Waals surface area contributed by atoms with Crippen molar-refractivity contribution >= 4 is 9.84 Å². The Bertz CT molecular complexity index is 453. The lowest BCUT2D eigenvalue weighted by atomic mass is 9.86. The van der Waals surface area contributed by atoms with Crippen molar-refractivity contribution in [2.75, 3.05) is 12.0 Å². The number of sulfone groups is 1. The highest BCUT2D eigenvalue weighted by Gasteiger charge is 2.13. The van der Waals surface area contributed by atoms with Gasteiger partial charge in [0.2, 0.25) is 0 Å². The fraction of sp³-hybridized carbons (Fsp3) is 0.538. The van der Waals surface area contributed by atoms with Crippen LogP contribution >= 0.6 is 0 Å². The maximum absolute atomic E-state index is 11.1. The van der Waals surface area contributed by atoms with Gasteiger partial charge in [0.05, 0.1) is 5.75 Å². The minimum Gasteiger partial charge on any atom is -0.229 e. The lowest BCUT2D eigenvalue weighted by Crippen LogP contribution is -2.12. The molecular formula is C13H20O2S. The zero-order chi connectivity index (χ0) is 12.4. The van der Waals surface area contributed by atoms with E-state index in [2.05, 4.69) is 32.9 Å². The maximum atomic E-state index is 11.1. The molecule has 0 saturated carbocycles. The summed E-state index contributed by atoms with van der Waals surface area (Å²) in [6.45, 7) is 6.47. The topological polar surface area (TPSA) is 34.1 Å². The third-order valence-electron chi connectivity index (χ3n) is 2.55.